The van der Waals surface area contributed by atoms with Gasteiger partial charge in [0.25, 0.3) is 0 Å². The number of aromatic nitrogens is 2. The van der Waals surface area contributed by atoms with Gasteiger partial charge in [-0.25, -0.2) is 9.37 Å². The highest BCUT2D eigenvalue weighted by Crippen LogP contribution is 2.44. The van der Waals surface area contributed by atoms with E-state index in [0.29, 0.717) is 11.8 Å². The predicted octanol–water partition coefficient (Wildman–Crippen LogP) is 6.41. The van der Waals surface area contributed by atoms with Crippen molar-refractivity contribution < 1.29 is 9.13 Å². The Bertz CT molecular complexity index is 1150. The maximum atomic E-state index is 13.5. The number of hydrogen-bond donors (Lipinski definition) is 0. The molecule has 2 aromatic heterocycles. The van der Waals surface area contributed by atoms with Crippen molar-refractivity contribution in [1.29, 1.82) is 0 Å². The van der Waals surface area contributed by atoms with Crippen LogP contribution in [0.4, 0.5) is 4.39 Å². The molecule has 3 nitrogen and oxygen atoms in total. The number of nitrogens with zero attached hydrogens (tertiary/aromatic N) is 2. The second-order valence-corrected chi connectivity index (χ2v) is 7.23. The molecule has 138 valence electrons. The molecule has 1 aliphatic carbocycles. The lowest BCUT2D eigenvalue weighted by Gasteiger charge is -2.15. The van der Waals surface area contributed by atoms with E-state index in [2.05, 4.69) is 11.9 Å². The Labute approximate surface area is 162 Å². The van der Waals surface area contributed by atoms with Gasteiger partial charge in [-0.1, -0.05) is 30.3 Å². The Morgan fingerprint density at radius 1 is 1.00 bits per heavy atom. The highest BCUT2D eigenvalue weighted by molar-refractivity contribution is 5.97. The number of ether oxygens (including phenoxy) is 1. The number of para-hydroxylation sites is 1. The molecule has 0 N–H and O–H groups in total. The van der Waals surface area contributed by atoms with E-state index in [1.54, 1.807) is 6.20 Å². The van der Waals surface area contributed by atoms with Gasteiger partial charge < -0.3 is 4.74 Å². The highest BCUT2D eigenvalue weighted by atomic mass is 19.1. The van der Waals surface area contributed by atoms with E-state index in [1.165, 1.54) is 25.0 Å². The number of pyridine rings is 2. The minimum absolute atomic E-state index is 0.239. The summed E-state index contributed by atoms with van der Waals surface area (Å²) in [5.41, 5.74) is 5.17. The van der Waals surface area contributed by atoms with Crippen LogP contribution in [0.15, 0.2) is 66.9 Å². The van der Waals surface area contributed by atoms with Gasteiger partial charge in [0.05, 0.1) is 11.7 Å². The van der Waals surface area contributed by atoms with Crippen LogP contribution >= 0.6 is 0 Å². The molecule has 0 spiro atoms. The monoisotopic (exact) mass is 370 g/mol. The Hall–Kier alpha value is -3.27. The number of hydrogen-bond acceptors (Lipinski definition) is 3. The molecule has 28 heavy (non-hydrogen) atoms. The third kappa shape index (κ3) is 3.11. The van der Waals surface area contributed by atoms with Gasteiger partial charge in [0.15, 0.2) is 0 Å². The van der Waals surface area contributed by atoms with Crippen LogP contribution in [0, 0.1) is 12.7 Å². The Morgan fingerprint density at radius 2 is 1.75 bits per heavy atom. The molecule has 1 fully saturated rings. The highest BCUT2D eigenvalue weighted by Gasteiger charge is 2.29. The van der Waals surface area contributed by atoms with Gasteiger partial charge in [0.2, 0.25) is 5.88 Å². The summed E-state index contributed by atoms with van der Waals surface area (Å²) in [6.07, 6.45) is 4.11. The smallest absolute Gasteiger partial charge is 0.219 e. The summed E-state index contributed by atoms with van der Waals surface area (Å²) in [4.78, 5) is 9.35. The molecule has 1 aliphatic rings. The topological polar surface area (TPSA) is 35.0 Å². The van der Waals surface area contributed by atoms with E-state index >= 15 is 0 Å². The van der Waals surface area contributed by atoms with E-state index in [4.69, 9.17) is 9.72 Å². The normalized spacial score (nSPS) is 13.6. The summed E-state index contributed by atoms with van der Waals surface area (Å²) in [6, 6.07) is 18.2. The van der Waals surface area contributed by atoms with Crippen LogP contribution in [0.2, 0.25) is 0 Å². The molecule has 0 radical (unpaired) electrons. The van der Waals surface area contributed by atoms with Crippen molar-refractivity contribution in [2.75, 3.05) is 0 Å². The fourth-order valence-corrected chi connectivity index (χ4v) is 3.67. The molecule has 5 rings (SSSR count). The first-order chi connectivity index (χ1) is 13.7. The Morgan fingerprint density at radius 3 is 2.46 bits per heavy atom. The van der Waals surface area contributed by atoms with Gasteiger partial charge in [-0.05, 0) is 60.7 Å². The summed E-state index contributed by atoms with van der Waals surface area (Å²) in [7, 11) is 0. The van der Waals surface area contributed by atoms with E-state index in [1.807, 2.05) is 48.5 Å². The second kappa shape index (κ2) is 6.71. The lowest BCUT2D eigenvalue weighted by atomic mass is 9.94. The average Bonchev–Trinajstić information content (AvgIpc) is 3.55. The van der Waals surface area contributed by atoms with E-state index < -0.39 is 0 Å². The zero-order valence-electron chi connectivity index (χ0n) is 15.5. The van der Waals surface area contributed by atoms with Gasteiger partial charge in [-0.2, -0.15) is 0 Å². The van der Waals surface area contributed by atoms with Gasteiger partial charge in [0, 0.05) is 23.1 Å². The molecule has 0 atom stereocenters. The molecule has 0 saturated heterocycles. The average molecular weight is 370 g/mol. The van der Waals surface area contributed by atoms with Crippen LogP contribution in [0.3, 0.4) is 0 Å². The van der Waals surface area contributed by atoms with E-state index in [9.17, 15) is 4.39 Å². The minimum atomic E-state index is -0.239. The quantitative estimate of drug-likeness (QED) is 0.416. The third-order valence-corrected chi connectivity index (χ3v) is 5.19. The van der Waals surface area contributed by atoms with Crippen molar-refractivity contribution in [2.45, 2.75) is 25.7 Å². The first-order valence-electron chi connectivity index (χ1n) is 9.48. The molecule has 0 unspecified atom stereocenters. The lowest BCUT2D eigenvalue weighted by molar-refractivity contribution is 0.464. The molecule has 0 bridgehead atoms. The second-order valence-electron chi connectivity index (χ2n) is 7.23. The zero-order valence-corrected chi connectivity index (χ0v) is 15.5. The standard InChI is InChI=1S/C24H19FN2O/c1-15-23(16-9-11-18(25)12-10-16)20-13-22(28-19-5-3-2-4-6-19)26-14-21(20)27-24(15)17-7-8-17/h2-6,9-14,17H,7-8H2,1H3. The van der Waals surface area contributed by atoms with Gasteiger partial charge >= 0.3 is 0 Å². The van der Waals surface area contributed by atoms with Crippen molar-refractivity contribution in [2.24, 2.45) is 0 Å². The number of fused-ring (bicyclic) bond motifs is 1. The Balaban J connectivity index is 1.69. The van der Waals surface area contributed by atoms with Crippen molar-refractivity contribution >= 4 is 10.9 Å². The molecule has 4 heteroatoms. The van der Waals surface area contributed by atoms with Crippen LogP contribution in [-0.2, 0) is 0 Å². The number of rotatable bonds is 4. The maximum Gasteiger partial charge on any atom is 0.219 e. The molecular formula is C24H19FN2O. The molecule has 1 saturated carbocycles. The van der Waals surface area contributed by atoms with Gasteiger partial charge in [0.1, 0.15) is 11.6 Å². The summed E-state index contributed by atoms with van der Waals surface area (Å²) in [5.74, 6) is 1.53. The van der Waals surface area contributed by atoms with Crippen LogP contribution in [0.25, 0.3) is 22.0 Å². The molecular weight excluding hydrogens is 351 g/mol. The fraction of sp³-hybridized carbons (Fsp3) is 0.167. The summed E-state index contributed by atoms with van der Waals surface area (Å²) >= 11 is 0. The number of benzene rings is 2. The lowest BCUT2D eigenvalue weighted by Crippen LogP contribution is -1.99. The molecule has 2 heterocycles. The number of halogens is 1. The third-order valence-electron chi connectivity index (χ3n) is 5.19. The molecule has 0 amide bonds. The van der Waals surface area contributed by atoms with Crippen LogP contribution in [0.1, 0.15) is 30.0 Å². The molecule has 4 aromatic rings. The summed E-state index contributed by atoms with van der Waals surface area (Å²) in [5, 5.41) is 0.967. The van der Waals surface area contributed by atoms with Crippen LogP contribution in [0.5, 0.6) is 11.6 Å². The first kappa shape index (κ1) is 16.9. The largest absolute Gasteiger partial charge is 0.439 e. The zero-order chi connectivity index (χ0) is 19.1. The molecule has 0 aliphatic heterocycles. The predicted molar refractivity (Wildman–Crippen MR) is 108 cm³/mol. The van der Waals surface area contributed by atoms with E-state index in [-0.39, 0.29) is 5.82 Å². The maximum absolute atomic E-state index is 13.5. The first-order valence-corrected chi connectivity index (χ1v) is 9.48. The minimum Gasteiger partial charge on any atom is -0.439 e. The van der Waals surface area contributed by atoms with Crippen molar-refractivity contribution in [1.82, 2.24) is 9.97 Å². The van der Waals surface area contributed by atoms with E-state index in [0.717, 1.165) is 39.0 Å². The van der Waals surface area contributed by atoms with Crippen molar-refractivity contribution in [3.05, 3.63) is 83.9 Å². The Kier molecular flexibility index (Phi) is 4.05. The fourth-order valence-electron chi connectivity index (χ4n) is 3.67. The molecule has 2 aromatic carbocycles. The van der Waals surface area contributed by atoms with Gasteiger partial charge in [-0.3, -0.25) is 4.98 Å². The summed E-state index contributed by atoms with van der Waals surface area (Å²) in [6.45, 7) is 2.11. The summed E-state index contributed by atoms with van der Waals surface area (Å²) < 4.78 is 19.4. The van der Waals surface area contributed by atoms with Crippen molar-refractivity contribution in [3.63, 3.8) is 0 Å². The van der Waals surface area contributed by atoms with Crippen LogP contribution in [-0.4, -0.2) is 9.97 Å². The van der Waals surface area contributed by atoms with Gasteiger partial charge in [-0.15, -0.1) is 0 Å². The van der Waals surface area contributed by atoms with Crippen molar-refractivity contribution in [3.8, 4) is 22.8 Å². The SMILES string of the molecule is Cc1c(C2CC2)nc2cnc(Oc3ccccc3)cc2c1-c1ccc(F)cc1. The van der Waals surface area contributed by atoms with Crippen LogP contribution < -0.4 is 4.74 Å².